The highest BCUT2D eigenvalue weighted by Crippen LogP contribution is 2.43. The van der Waals surface area contributed by atoms with Gasteiger partial charge in [-0.3, -0.25) is 0 Å². The smallest absolute Gasteiger partial charge is 0.206 e. The van der Waals surface area contributed by atoms with Gasteiger partial charge in [-0.1, -0.05) is 25.1 Å². The Morgan fingerprint density at radius 3 is 2.62 bits per heavy atom. The number of anilines is 1. The summed E-state index contributed by atoms with van der Waals surface area (Å²) in [6.07, 6.45) is 1.06. The molecule has 0 aromatic heterocycles. The van der Waals surface area contributed by atoms with Crippen molar-refractivity contribution in [1.82, 2.24) is 5.32 Å². The Morgan fingerprint density at radius 1 is 1.04 bits per heavy atom. The monoisotopic (exact) mass is 342 g/mol. The van der Waals surface area contributed by atoms with Crippen molar-refractivity contribution in [2.75, 3.05) is 18.4 Å². The molecule has 0 spiro atoms. The Kier molecular flexibility index (Phi) is 3.85. The molecule has 1 fully saturated rings. The summed E-state index contributed by atoms with van der Waals surface area (Å²) in [5.41, 5.74) is 2.24. The lowest BCUT2D eigenvalue weighted by Crippen LogP contribution is -2.25. The first kappa shape index (κ1) is 15.7. The van der Waals surface area contributed by atoms with Crippen molar-refractivity contribution in [2.45, 2.75) is 35.1 Å². The molecule has 1 unspecified atom stereocenters. The van der Waals surface area contributed by atoms with Crippen molar-refractivity contribution >= 4 is 15.5 Å². The lowest BCUT2D eigenvalue weighted by atomic mass is 9.84. The summed E-state index contributed by atoms with van der Waals surface area (Å²) in [4.78, 5) is 0.738. The Balaban J connectivity index is 1.77. The second-order valence-electron chi connectivity index (χ2n) is 6.81. The van der Waals surface area contributed by atoms with E-state index in [-0.39, 0.29) is 0 Å². The van der Waals surface area contributed by atoms with Gasteiger partial charge in [0.2, 0.25) is 9.84 Å². The van der Waals surface area contributed by atoms with Crippen molar-refractivity contribution < 1.29 is 8.42 Å². The van der Waals surface area contributed by atoms with Gasteiger partial charge in [0.1, 0.15) is 0 Å². The molecule has 5 heteroatoms. The number of hydrogen-bond donors (Lipinski definition) is 2. The van der Waals surface area contributed by atoms with Crippen LogP contribution in [-0.4, -0.2) is 27.5 Å². The van der Waals surface area contributed by atoms with Crippen LogP contribution in [0.1, 0.15) is 24.8 Å². The molecule has 126 valence electrons. The minimum absolute atomic E-state index is 0.350. The molecule has 0 radical (unpaired) electrons. The van der Waals surface area contributed by atoms with E-state index in [9.17, 15) is 8.42 Å². The maximum Gasteiger partial charge on any atom is 0.206 e. The molecule has 4 rings (SSSR count). The second-order valence-corrected chi connectivity index (χ2v) is 8.76. The average molecular weight is 342 g/mol. The molecule has 2 aromatic rings. The number of hydrogen-bond acceptors (Lipinski definition) is 4. The summed E-state index contributed by atoms with van der Waals surface area (Å²) in [5.74, 6) is 0.835. The molecule has 4 nitrogen and oxygen atoms in total. The topological polar surface area (TPSA) is 58.2 Å². The lowest BCUT2D eigenvalue weighted by molar-refractivity contribution is 0.443. The number of nitrogens with one attached hydrogen (secondary N) is 2. The third-order valence-corrected chi connectivity index (χ3v) is 7.00. The minimum atomic E-state index is -3.47. The summed E-state index contributed by atoms with van der Waals surface area (Å²) < 4.78 is 25.8. The molecule has 2 N–H and O–H groups in total. The van der Waals surface area contributed by atoms with Crippen LogP contribution in [0.15, 0.2) is 58.3 Å². The summed E-state index contributed by atoms with van der Waals surface area (Å²) >= 11 is 0. The van der Waals surface area contributed by atoms with E-state index in [1.165, 1.54) is 0 Å². The van der Waals surface area contributed by atoms with Crippen LogP contribution in [0.25, 0.3) is 0 Å². The van der Waals surface area contributed by atoms with Gasteiger partial charge >= 0.3 is 0 Å². The molecule has 1 saturated heterocycles. The van der Waals surface area contributed by atoms with Crippen LogP contribution in [-0.2, 0) is 9.84 Å². The third kappa shape index (κ3) is 2.52. The van der Waals surface area contributed by atoms with Crippen molar-refractivity contribution in [3.8, 4) is 0 Å². The first-order chi connectivity index (χ1) is 11.6. The first-order valence-electron chi connectivity index (χ1n) is 8.49. The van der Waals surface area contributed by atoms with Crippen LogP contribution >= 0.6 is 0 Å². The standard InChI is InChI=1S/C19H22N2O2S/c1-13-12-20-10-9-18-19(13)16-11-15(7-8-17(16)21-18)24(22,23)14-5-3-2-4-6-14/h2-8,11,13,18-21H,9-10,12H2,1H3/t13?,18-,19-/m0/s1. The molecule has 3 atom stereocenters. The van der Waals surface area contributed by atoms with E-state index < -0.39 is 9.84 Å². The molecular weight excluding hydrogens is 320 g/mol. The highest BCUT2D eigenvalue weighted by molar-refractivity contribution is 7.91. The van der Waals surface area contributed by atoms with E-state index in [2.05, 4.69) is 17.6 Å². The van der Waals surface area contributed by atoms with E-state index in [1.807, 2.05) is 18.2 Å². The second kappa shape index (κ2) is 5.90. The Bertz CT molecular complexity index is 849. The average Bonchev–Trinajstić information content (AvgIpc) is 2.86. The fourth-order valence-corrected chi connectivity index (χ4v) is 5.34. The first-order valence-corrected chi connectivity index (χ1v) is 9.97. The molecule has 24 heavy (non-hydrogen) atoms. The molecule has 0 saturated carbocycles. The van der Waals surface area contributed by atoms with Gasteiger partial charge in [-0.05, 0) is 61.3 Å². The number of rotatable bonds is 2. The molecule has 2 heterocycles. The van der Waals surface area contributed by atoms with E-state index in [4.69, 9.17) is 0 Å². The van der Waals surface area contributed by atoms with E-state index in [0.29, 0.717) is 27.7 Å². The summed E-state index contributed by atoms with van der Waals surface area (Å²) in [6.45, 7) is 4.21. The Morgan fingerprint density at radius 2 is 1.83 bits per heavy atom. The maximum atomic E-state index is 12.9. The molecule has 2 aliphatic heterocycles. The summed E-state index contributed by atoms with van der Waals surface area (Å²) in [7, 11) is -3.47. The summed E-state index contributed by atoms with van der Waals surface area (Å²) in [6, 6.07) is 14.6. The van der Waals surface area contributed by atoms with Crippen LogP contribution < -0.4 is 10.6 Å². The zero-order chi connectivity index (χ0) is 16.7. The van der Waals surface area contributed by atoms with Gasteiger partial charge in [-0.15, -0.1) is 0 Å². The maximum absolute atomic E-state index is 12.9. The normalized spacial score (nSPS) is 26.1. The van der Waals surface area contributed by atoms with Gasteiger partial charge in [0.25, 0.3) is 0 Å². The van der Waals surface area contributed by atoms with Crippen molar-refractivity contribution in [3.05, 3.63) is 54.1 Å². The van der Waals surface area contributed by atoms with Crippen LogP contribution in [0.4, 0.5) is 5.69 Å². The summed E-state index contributed by atoms with van der Waals surface area (Å²) in [5, 5.41) is 7.06. The van der Waals surface area contributed by atoms with E-state index in [1.54, 1.807) is 30.3 Å². The SMILES string of the molecule is CC1CNCC[C@@H]2Nc3ccc(S(=O)(=O)c4ccccc4)cc3[C@H]12. The Labute approximate surface area is 143 Å². The zero-order valence-corrected chi connectivity index (χ0v) is 14.5. The van der Waals surface area contributed by atoms with Crippen molar-refractivity contribution in [2.24, 2.45) is 5.92 Å². The quantitative estimate of drug-likeness (QED) is 0.881. The number of fused-ring (bicyclic) bond motifs is 3. The van der Waals surface area contributed by atoms with Gasteiger partial charge in [0.05, 0.1) is 9.79 Å². The zero-order valence-electron chi connectivity index (χ0n) is 13.7. The molecular formula is C19H22N2O2S. The Hall–Kier alpha value is -1.85. The minimum Gasteiger partial charge on any atom is -0.381 e. The molecule has 0 amide bonds. The lowest BCUT2D eigenvalue weighted by Gasteiger charge is -2.22. The fourth-order valence-electron chi connectivity index (χ4n) is 4.03. The predicted octanol–water partition coefficient (Wildman–Crippen LogP) is 3.03. The van der Waals surface area contributed by atoms with Crippen LogP contribution in [0.5, 0.6) is 0 Å². The van der Waals surface area contributed by atoms with Crippen LogP contribution in [0.3, 0.4) is 0 Å². The highest BCUT2D eigenvalue weighted by Gasteiger charge is 2.37. The predicted molar refractivity (Wildman–Crippen MR) is 95.1 cm³/mol. The van der Waals surface area contributed by atoms with Crippen molar-refractivity contribution in [3.63, 3.8) is 0 Å². The molecule has 2 aromatic carbocycles. The van der Waals surface area contributed by atoms with Gasteiger partial charge in [-0.2, -0.15) is 0 Å². The van der Waals surface area contributed by atoms with Gasteiger partial charge in [-0.25, -0.2) is 8.42 Å². The van der Waals surface area contributed by atoms with Gasteiger partial charge in [0.15, 0.2) is 0 Å². The van der Waals surface area contributed by atoms with Crippen LogP contribution in [0, 0.1) is 5.92 Å². The van der Waals surface area contributed by atoms with Gasteiger partial charge in [0, 0.05) is 17.6 Å². The highest BCUT2D eigenvalue weighted by atomic mass is 32.2. The largest absolute Gasteiger partial charge is 0.381 e. The molecule has 0 aliphatic carbocycles. The molecule has 2 aliphatic rings. The third-order valence-electron chi connectivity index (χ3n) is 5.23. The van der Waals surface area contributed by atoms with Crippen LogP contribution in [0.2, 0.25) is 0 Å². The van der Waals surface area contributed by atoms with E-state index in [0.717, 1.165) is 30.8 Å². The molecule has 0 bridgehead atoms. The number of sulfone groups is 1. The van der Waals surface area contributed by atoms with Crippen molar-refractivity contribution in [1.29, 1.82) is 0 Å². The number of benzene rings is 2. The van der Waals surface area contributed by atoms with Gasteiger partial charge < -0.3 is 10.6 Å². The fraction of sp³-hybridized carbons (Fsp3) is 0.368. The van der Waals surface area contributed by atoms with E-state index >= 15 is 0 Å².